The Morgan fingerprint density at radius 3 is 2.41 bits per heavy atom. The van der Waals surface area contributed by atoms with Crippen molar-refractivity contribution in [3.05, 3.63) is 78.3 Å². The Bertz CT molecular complexity index is 952. The molecule has 3 rings (SSSR count). The van der Waals surface area contributed by atoms with E-state index >= 15 is 0 Å². The third kappa shape index (κ3) is 5.87. The van der Waals surface area contributed by atoms with E-state index in [2.05, 4.69) is 10.6 Å². The van der Waals surface area contributed by atoms with Crippen LogP contribution in [0.5, 0.6) is 5.75 Å². The summed E-state index contributed by atoms with van der Waals surface area (Å²) in [5.41, 5.74) is 2.28. The van der Waals surface area contributed by atoms with E-state index in [9.17, 15) is 9.59 Å². The minimum atomic E-state index is -0.358. The molecule has 3 aromatic rings. The number of likely N-dealkylation sites (N-methyl/N-ethyl adjacent to an activating group) is 1. The molecular weight excluding hydrogens is 370 g/mol. The third-order valence-corrected chi connectivity index (χ3v) is 4.18. The third-order valence-electron chi connectivity index (χ3n) is 4.18. The van der Waals surface area contributed by atoms with Crippen molar-refractivity contribution in [1.82, 2.24) is 4.90 Å². The molecule has 7 heteroatoms. The van der Waals surface area contributed by atoms with Crippen molar-refractivity contribution in [2.45, 2.75) is 6.92 Å². The predicted molar refractivity (Wildman–Crippen MR) is 111 cm³/mol. The number of nitrogens with zero attached hydrogens (tertiary/aromatic N) is 1. The fraction of sp³-hybridized carbons (Fsp3) is 0.182. The molecule has 0 spiro atoms. The molecule has 3 amide bonds. The fourth-order valence-corrected chi connectivity index (χ4v) is 2.53. The lowest BCUT2D eigenvalue weighted by Crippen LogP contribution is -2.34. The minimum absolute atomic E-state index is 0.216. The largest absolute Gasteiger partial charge is 0.492 e. The highest BCUT2D eigenvalue weighted by atomic mass is 16.5. The van der Waals surface area contributed by atoms with E-state index in [0.29, 0.717) is 24.5 Å². The van der Waals surface area contributed by atoms with Crippen LogP contribution in [-0.2, 0) is 0 Å². The zero-order valence-corrected chi connectivity index (χ0v) is 16.3. The second kappa shape index (κ2) is 9.45. The van der Waals surface area contributed by atoms with Crippen molar-refractivity contribution in [2.75, 3.05) is 30.8 Å². The summed E-state index contributed by atoms with van der Waals surface area (Å²) in [6, 6.07) is 17.6. The highest BCUT2D eigenvalue weighted by molar-refractivity contribution is 6.02. The van der Waals surface area contributed by atoms with Gasteiger partial charge in [0.2, 0.25) is 0 Å². The normalized spacial score (nSPS) is 10.3. The average Bonchev–Trinajstić information content (AvgIpc) is 3.25. The number of benzene rings is 2. The molecule has 7 nitrogen and oxygen atoms in total. The number of furan rings is 1. The Labute approximate surface area is 169 Å². The van der Waals surface area contributed by atoms with Gasteiger partial charge in [-0.15, -0.1) is 0 Å². The smallest absolute Gasteiger partial charge is 0.321 e. The van der Waals surface area contributed by atoms with Gasteiger partial charge < -0.3 is 24.7 Å². The molecule has 2 aromatic carbocycles. The highest BCUT2D eigenvalue weighted by Gasteiger charge is 2.11. The number of amides is 3. The molecule has 0 saturated carbocycles. The van der Waals surface area contributed by atoms with Crippen LogP contribution in [0.1, 0.15) is 16.1 Å². The van der Waals surface area contributed by atoms with E-state index in [1.54, 1.807) is 43.4 Å². The predicted octanol–water partition coefficient (Wildman–Crippen LogP) is 4.38. The van der Waals surface area contributed by atoms with E-state index in [1.807, 2.05) is 31.2 Å². The molecule has 0 aliphatic heterocycles. The molecule has 0 fully saturated rings. The van der Waals surface area contributed by atoms with Crippen LogP contribution in [0.3, 0.4) is 0 Å². The Balaban J connectivity index is 1.49. The van der Waals surface area contributed by atoms with Crippen LogP contribution in [0.15, 0.2) is 71.3 Å². The first-order valence-corrected chi connectivity index (χ1v) is 9.18. The monoisotopic (exact) mass is 393 g/mol. The molecule has 0 aliphatic carbocycles. The molecule has 0 aliphatic rings. The first kappa shape index (κ1) is 20.0. The molecule has 0 unspecified atom stereocenters. The molecule has 0 atom stereocenters. The van der Waals surface area contributed by atoms with Gasteiger partial charge in [-0.3, -0.25) is 4.79 Å². The maximum absolute atomic E-state index is 12.4. The van der Waals surface area contributed by atoms with Gasteiger partial charge in [-0.05, 0) is 49.4 Å². The number of aryl methyl sites for hydroxylation is 1. The van der Waals surface area contributed by atoms with Crippen molar-refractivity contribution >= 4 is 23.3 Å². The summed E-state index contributed by atoms with van der Waals surface area (Å²) in [7, 11) is 1.69. The number of anilines is 2. The number of rotatable bonds is 7. The summed E-state index contributed by atoms with van der Waals surface area (Å²) < 4.78 is 10.7. The van der Waals surface area contributed by atoms with Crippen molar-refractivity contribution in [1.29, 1.82) is 0 Å². The molecule has 0 bridgehead atoms. The number of hydrogen-bond acceptors (Lipinski definition) is 4. The van der Waals surface area contributed by atoms with E-state index < -0.39 is 0 Å². The van der Waals surface area contributed by atoms with Gasteiger partial charge in [0.05, 0.1) is 12.8 Å². The van der Waals surface area contributed by atoms with Gasteiger partial charge in [-0.2, -0.15) is 0 Å². The summed E-state index contributed by atoms with van der Waals surface area (Å²) in [6.07, 6.45) is 1.43. The van der Waals surface area contributed by atoms with Gasteiger partial charge in [0.1, 0.15) is 12.4 Å². The summed E-state index contributed by atoms with van der Waals surface area (Å²) >= 11 is 0. The summed E-state index contributed by atoms with van der Waals surface area (Å²) in [5, 5.41) is 5.53. The first-order chi connectivity index (χ1) is 14.0. The molecule has 0 radical (unpaired) electrons. The van der Waals surface area contributed by atoms with Crippen LogP contribution >= 0.6 is 0 Å². The lowest BCUT2D eigenvalue weighted by atomic mass is 10.2. The lowest BCUT2D eigenvalue weighted by molar-refractivity contribution is 0.0996. The Hall–Kier alpha value is -3.74. The SMILES string of the molecule is Cc1ccc(OCCN(C)C(=O)Nc2cccc(NC(=O)c3ccco3)c2)cc1. The van der Waals surface area contributed by atoms with Crippen LogP contribution in [0.25, 0.3) is 0 Å². The van der Waals surface area contributed by atoms with Crippen molar-refractivity contribution in [2.24, 2.45) is 0 Å². The van der Waals surface area contributed by atoms with E-state index in [1.165, 1.54) is 11.2 Å². The van der Waals surface area contributed by atoms with Crippen LogP contribution in [0, 0.1) is 6.92 Å². The quantitative estimate of drug-likeness (QED) is 0.624. The van der Waals surface area contributed by atoms with E-state index in [-0.39, 0.29) is 17.7 Å². The number of carbonyl (C=O) groups is 2. The Morgan fingerprint density at radius 1 is 1.00 bits per heavy atom. The number of urea groups is 1. The van der Waals surface area contributed by atoms with Crippen LogP contribution in [0.4, 0.5) is 16.2 Å². The highest BCUT2D eigenvalue weighted by Crippen LogP contribution is 2.17. The van der Waals surface area contributed by atoms with E-state index in [0.717, 1.165) is 11.3 Å². The van der Waals surface area contributed by atoms with Gasteiger partial charge in [0.15, 0.2) is 5.76 Å². The molecule has 1 aromatic heterocycles. The van der Waals surface area contributed by atoms with Crippen molar-refractivity contribution < 1.29 is 18.7 Å². The summed E-state index contributed by atoms with van der Waals surface area (Å²) in [5.74, 6) is 0.626. The Kier molecular flexibility index (Phi) is 6.52. The number of carbonyl (C=O) groups excluding carboxylic acids is 2. The maximum Gasteiger partial charge on any atom is 0.321 e. The van der Waals surface area contributed by atoms with Gasteiger partial charge in [0, 0.05) is 18.4 Å². The van der Waals surface area contributed by atoms with Crippen LogP contribution < -0.4 is 15.4 Å². The zero-order chi connectivity index (χ0) is 20.6. The standard InChI is InChI=1S/C22H23N3O4/c1-16-8-10-19(11-9-16)28-14-12-25(2)22(27)24-18-6-3-5-17(15-18)23-21(26)20-7-4-13-29-20/h3-11,13,15H,12,14H2,1-2H3,(H,23,26)(H,24,27). The number of ether oxygens (including phenoxy) is 1. The molecule has 1 heterocycles. The van der Waals surface area contributed by atoms with Gasteiger partial charge in [-0.1, -0.05) is 23.8 Å². The van der Waals surface area contributed by atoms with Crippen molar-refractivity contribution in [3.63, 3.8) is 0 Å². The molecule has 29 heavy (non-hydrogen) atoms. The Morgan fingerprint density at radius 2 is 1.72 bits per heavy atom. The summed E-state index contributed by atoms with van der Waals surface area (Å²) in [4.78, 5) is 26.0. The lowest BCUT2D eigenvalue weighted by Gasteiger charge is -2.18. The number of hydrogen-bond donors (Lipinski definition) is 2. The molecule has 0 saturated heterocycles. The van der Waals surface area contributed by atoms with E-state index in [4.69, 9.17) is 9.15 Å². The maximum atomic E-state index is 12.4. The fourth-order valence-electron chi connectivity index (χ4n) is 2.53. The molecule has 2 N–H and O–H groups in total. The van der Waals surface area contributed by atoms with Crippen LogP contribution in [-0.4, -0.2) is 37.0 Å². The minimum Gasteiger partial charge on any atom is -0.492 e. The second-order valence-electron chi connectivity index (χ2n) is 6.53. The van der Waals surface area contributed by atoms with Crippen LogP contribution in [0.2, 0.25) is 0 Å². The van der Waals surface area contributed by atoms with Gasteiger partial charge in [-0.25, -0.2) is 4.79 Å². The first-order valence-electron chi connectivity index (χ1n) is 9.18. The second-order valence-corrected chi connectivity index (χ2v) is 6.53. The topological polar surface area (TPSA) is 83.8 Å². The zero-order valence-electron chi connectivity index (χ0n) is 16.3. The number of nitrogens with one attached hydrogen (secondary N) is 2. The van der Waals surface area contributed by atoms with Crippen molar-refractivity contribution in [3.8, 4) is 5.75 Å². The molecule has 150 valence electrons. The molecular formula is C22H23N3O4. The van der Waals surface area contributed by atoms with Gasteiger partial charge in [0.25, 0.3) is 5.91 Å². The summed E-state index contributed by atoms with van der Waals surface area (Å²) in [6.45, 7) is 2.82. The average molecular weight is 393 g/mol. The van der Waals surface area contributed by atoms with Gasteiger partial charge >= 0.3 is 6.03 Å².